The minimum absolute atomic E-state index is 0.172. The summed E-state index contributed by atoms with van der Waals surface area (Å²) >= 11 is 1.32. The van der Waals surface area contributed by atoms with E-state index in [2.05, 4.69) is 5.32 Å². The number of aromatic carboxylic acids is 1. The van der Waals surface area contributed by atoms with E-state index in [-0.39, 0.29) is 23.0 Å². The highest BCUT2D eigenvalue weighted by atomic mass is 32.2. The van der Waals surface area contributed by atoms with Gasteiger partial charge in [0.2, 0.25) is 5.91 Å². The van der Waals surface area contributed by atoms with Crippen molar-refractivity contribution in [2.75, 3.05) is 5.32 Å². The van der Waals surface area contributed by atoms with Crippen molar-refractivity contribution < 1.29 is 19.5 Å². The largest absolute Gasteiger partial charge is 0.478 e. The van der Waals surface area contributed by atoms with E-state index in [9.17, 15) is 19.5 Å². The molecule has 2 N–H and O–H groups in total. The summed E-state index contributed by atoms with van der Waals surface area (Å²) in [6.07, 6.45) is 1.39. The quantitative estimate of drug-likeness (QED) is 0.600. The van der Waals surface area contributed by atoms with Crippen molar-refractivity contribution in [1.82, 2.24) is 0 Å². The number of thioether (sulfide) groups is 1. The zero-order chi connectivity index (χ0) is 21.4. The monoisotopic (exact) mass is 413 g/mol. The highest BCUT2D eigenvalue weighted by Gasteiger charge is 2.13. The fourth-order valence-corrected chi connectivity index (χ4v) is 4.01. The predicted octanol–water partition coefficient (Wildman–Crippen LogP) is 5.07. The molecule has 0 saturated carbocycles. The molecule has 0 heterocycles. The van der Waals surface area contributed by atoms with Crippen molar-refractivity contribution in [2.45, 2.75) is 45.8 Å². The van der Waals surface area contributed by atoms with E-state index >= 15 is 0 Å². The van der Waals surface area contributed by atoms with Crippen molar-refractivity contribution in [1.29, 1.82) is 0 Å². The van der Waals surface area contributed by atoms with Gasteiger partial charge < -0.3 is 10.4 Å². The number of carbonyl (C=O) groups is 3. The number of carbonyl (C=O) groups excluding carboxylic acids is 2. The number of aryl methyl sites for hydroxylation is 1. The van der Waals surface area contributed by atoms with E-state index in [4.69, 9.17) is 0 Å². The van der Waals surface area contributed by atoms with Gasteiger partial charge >= 0.3 is 5.97 Å². The lowest BCUT2D eigenvalue weighted by Gasteiger charge is -2.12. The van der Waals surface area contributed by atoms with E-state index in [1.165, 1.54) is 17.8 Å². The highest BCUT2D eigenvalue weighted by molar-refractivity contribution is 8.12. The minimum Gasteiger partial charge on any atom is -0.478 e. The molecule has 29 heavy (non-hydrogen) atoms. The van der Waals surface area contributed by atoms with Crippen LogP contribution in [0.25, 0.3) is 0 Å². The second-order valence-electron chi connectivity index (χ2n) is 7.36. The van der Waals surface area contributed by atoms with Crippen LogP contribution in [0.2, 0.25) is 0 Å². The highest BCUT2D eigenvalue weighted by Crippen LogP contribution is 2.22. The molecule has 0 aromatic heterocycles. The lowest BCUT2D eigenvalue weighted by Crippen LogP contribution is -2.14. The molecule has 6 heteroatoms. The van der Waals surface area contributed by atoms with Crippen LogP contribution >= 0.6 is 11.8 Å². The number of carboxylic acid groups (broad SMARTS) is 1. The van der Waals surface area contributed by atoms with Gasteiger partial charge in [0.15, 0.2) is 5.12 Å². The number of rotatable bonds is 9. The number of carboxylic acids is 1. The van der Waals surface area contributed by atoms with Gasteiger partial charge in [-0.25, -0.2) is 4.79 Å². The molecule has 2 rings (SSSR count). The van der Waals surface area contributed by atoms with E-state index < -0.39 is 5.97 Å². The molecule has 154 valence electrons. The van der Waals surface area contributed by atoms with Gasteiger partial charge in [-0.05, 0) is 48.1 Å². The van der Waals surface area contributed by atoms with Crippen molar-refractivity contribution in [3.05, 3.63) is 64.7 Å². The van der Waals surface area contributed by atoms with Crippen LogP contribution in [-0.2, 0) is 21.8 Å². The average Bonchev–Trinajstić information content (AvgIpc) is 2.66. The van der Waals surface area contributed by atoms with Crippen molar-refractivity contribution in [2.24, 2.45) is 5.92 Å². The maximum absolute atomic E-state index is 12.4. The Hall–Kier alpha value is -2.60. The molecule has 0 radical (unpaired) electrons. The lowest BCUT2D eigenvalue weighted by atomic mass is 10.0. The molecule has 5 nitrogen and oxygen atoms in total. The number of benzene rings is 2. The zero-order valence-corrected chi connectivity index (χ0v) is 17.8. The summed E-state index contributed by atoms with van der Waals surface area (Å²) in [5.41, 5.74) is 3.33. The van der Waals surface area contributed by atoms with Crippen molar-refractivity contribution >= 4 is 34.4 Å². The summed E-state index contributed by atoms with van der Waals surface area (Å²) in [6, 6.07) is 12.7. The molecule has 0 aliphatic carbocycles. The Morgan fingerprint density at radius 2 is 1.72 bits per heavy atom. The van der Waals surface area contributed by atoms with Gasteiger partial charge in [-0.1, -0.05) is 55.9 Å². The number of hydrogen-bond acceptors (Lipinski definition) is 4. The van der Waals surface area contributed by atoms with Gasteiger partial charge in [-0.2, -0.15) is 0 Å². The molecule has 0 fully saturated rings. The number of nitrogens with one attached hydrogen (secondary N) is 1. The molecule has 0 aliphatic rings. The van der Waals surface area contributed by atoms with Gasteiger partial charge in [0.25, 0.3) is 0 Å². The zero-order valence-electron chi connectivity index (χ0n) is 17.0. The lowest BCUT2D eigenvalue weighted by molar-refractivity contribution is -0.116. The maximum Gasteiger partial charge on any atom is 0.336 e. The van der Waals surface area contributed by atoms with Gasteiger partial charge in [0.1, 0.15) is 0 Å². The van der Waals surface area contributed by atoms with Crippen LogP contribution in [0.15, 0.2) is 42.5 Å². The number of hydrogen-bond donors (Lipinski definition) is 2. The van der Waals surface area contributed by atoms with Gasteiger partial charge in [0, 0.05) is 24.3 Å². The SMILES string of the molecule is Cc1c(NC(=O)CCc2ccccc2CSC(=O)CC(C)C)cccc1C(=O)O. The smallest absolute Gasteiger partial charge is 0.336 e. The first-order chi connectivity index (χ1) is 13.8. The molecule has 0 atom stereocenters. The Balaban J connectivity index is 1.96. The molecular weight excluding hydrogens is 386 g/mol. The van der Waals surface area contributed by atoms with Crippen LogP contribution in [0.1, 0.15) is 53.7 Å². The van der Waals surface area contributed by atoms with Crippen LogP contribution in [0.3, 0.4) is 0 Å². The first-order valence-electron chi connectivity index (χ1n) is 9.63. The van der Waals surface area contributed by atoms with E-state index in [1.54, 1.807) is 19.1 Å². The third-order valence-corrected chi connectivity index (χ3v) is 5.49. The number of anilines is 1. The average molecular weight is 414 g/mol. The topological polar surface area (TPSA) is 83.5 Å². The van der Waals surface area contributed by atoms with Crippen LogP contribution in [0.4, 0.5) is 5.69 Å². The first kappa shape index (κ1) is 22.7. The molecular formula is C23H27NO4S. The second-order valence-corrected chi connectivity index (χ2v) is 8.39. The van der Waals surface area contributed by atoms with Gasteiger partial charge in [0.05, 0.1) is 5.56 Å². The minimum atomic E-state index is -1.02. The summed E-state index contributed by atoms with van der Waals surface area (Å²) in [7, 11) is 0. The van der Waals surface area contributed by atoms with Crippen LogP contribution in [0.5, 0.6) is 0 Å². The van der Waals surface area contributed by atoms with Gasteiger partial charge in [-0.15, -0.1) is 0 Å². The Labute approximate surface area is 175 Å². The first-order valence-corrected chi connectivity index (χ1v) is 10.6. The Kier molecular flexibility index (Phi) is 8.46. The summed E-state index contributed by atoms with van der Waals surface area (Å²) < 4.78 is 0. The van der Waals surface area contributed by atoms with E-state index in [1.807, 2.05) is 38.1 Å². The molecule has 0 aliphatic heterocycles. The summed E-state index contributed by atoms with van der Waals surface area (Å²) in [5.74, 6) is -0.244. The van der Waals surface area contributed by atoms with E-state index in [0.717, 1.165) is 11.1 Å². The van der Waals surface area contributed by atoms with Crippen molar-refractivity contribution in [3.63, 3.8) is 0 Å². The normalized spacial score (nSPS) is 10.8. The van der Waals surface area contributed by atoms with Gasteiger partial charge in [-0.3, -0.25) is 9.59 Å². The van der Waals surface area contributed by atoms with Crippen LogP contribution in [0, 0.1) is 12.8 Å². The van der Waals surface area contributed by atoms with Crippen molar-refractivity contribution in [3.8, 4) is 0 Å². The Morgan fingerprint density at radius 3 is 2.38 bits per heavy atom. The van der Waals surface area contributed by atoms with Crippen LogP contribution in [-0.4, -0.2) is 22.1 Å². The third kappa shape index (κ3) is 7.06. The number of amides is 1. The molecule has 2 aromatic rings. The molecule has 0 saturated heterocycles. The summed E-state index contributed by atoms with van der Waals surface area (Å²) in [6.45, 7) is 5.73. The fourth-order valence-electron chi connectivity index (χ4n) is 2.96. The van der Waals surface area contributed by atoms with Crippen LogP contribution < -0.4 is 5.32 Å². The Bertz CT molecular complexity index is 892. The summed E-state index contributed by atoms with van der Waals surface area (Å²) in [5, 5.41) is 12.2. The molecule has 0 unspecified atom stereocenters. The molecule has 1 amide bonds. The maximum atomic E-state index is 12.4. The summed E-state index contributed by atoms with van der Waals surface area (Å²) in [4.78, 5) is 35.6. The standard InChI is InChI=1S/C23H27NO4S/c1-15(2)13-22(26)29-14-18-8-5-4-7-17(18)11-12-21(25)24-20-10-6-9-19(16(20)3)23(27)28/h4-10,15H,11-14H2,1-3H3,(H,24,25)(H,27,28). The Morgan fingerprint density at radius 1 is 1.03 bits per heavy atom. The third-order valence-electron chi connectivity index (χ3n) is 4.54. The predicted molar refractivity (Wildman–Crippen MR) is 117 cm³/mol. The molecule has 2 aromatic carbocycles. The van der Waals surface area contributed by atoms with E-state index in [0.29, 0.717) is 35.8 Å². The fraction of sp³-hybridized carbons (Fsp3) is 0.348. The second kappa shape index (κ2) is 10.8. The molecule has 0 bridgehead atoms. The molecule has 0 spiro atoms.